The average molecular weight is 247 g/mol. The molecule has 0 bridgehead atoms. The second kappa shape index (κ2) is 6.01. The lowest BCUT2D eigenvalue weighted by molar-refractivity contribution is -0.136. The van der Waals surface area contributed by atoms with Gasteiger partial charge in [0.15, 0.2) is 0 Å². The van der Waals surface area contributed by atoms with Gasteiger partial charge in [-0.3, -0.25) is 4.79 Å². The van der Waals surface area contributed by atoms with E-state index in [1.165, 1.54) is 18.4 Å². The number of rotatable bonds is 4. The van der Waals surface area contributed by atoms with Crippen molar-refractivity contribution in [3.8, 4) is 0 Å². The lowest BCUT2D eigenvalue weighted by Gasteiger charge is -2.29. The first-order chi connectivity index (χ1) is 8.65. The second-order valence-electron chi connectivity index (χ2n) is 5.22. The third-order valence-corrected chi connectivity index (χ3v) is 3.77. The Hall–Kier alpha value is -1.35. The van der Waals surface area contributed by atoms with Crippen LogP contribution in [0.5, 0.6) is 0 Å². The summed E-state index contributed by atoms with van der Waals surface area (Å²) in [7, 11) is 2.17. The Morgan fingerprint density at radius 3 is 2.78 bits per heavy atom. The van der Waals surface area contributed by atoms with Crippen LogP contribution in [0.3, 0.4) is 0 Å². The molecule has 3 heteroatoms. The minimum atomic E-state index is -0.723. The Balaban J connectivity index is 2.00. The molecule has 3 nitrogen and oxygen atoms in total. The van der Waals surface area contributed by atoms with Crippen LogP contribution in [0, 0.1) is 0 Å². The molecule has 0 amide bonds. The van der Waals surface area contributed by atoms with Gasteiger partial charge in [-0.05, 0) is 56.4 Å². The normalized spacial score (nSPS) is 17.8. The smallest absolute Gasteiger partial charge is 0.303 e. The van der Waals surface area contributed by atoms with Crippen LogP contribution in [0.2, 0.25) is 0 Å². The summed E-state index contributed by atoms with van der Waals surface area (Å²) in [5.41, 5.74) is 2.53. The number of hydrogen-bond donors (Lipinski definition) is 1. The quantitative estimate of drug-likeness (QED) is 0.888. The zero-order chi connectivity index (χ0) is 13.0. The maximum absolute atomic E-state index is 10.6. The molecule has 2 rings (SSSR count). The Bertz CT molecular complexity index is 409. The van der Waals surface area contributed by atoms with E-state index in [4.69, 9.17) is 5.11 Å². The van der Waals surface area contributed by atoms with E-state index >= 15 is 0 Å². The molecule has 1 N–H and O–H groups in total. The van der Waals surface area contributed by atoms with Gasteiger partial charge in [0, 0.05) is 6.42 Å². The molecule has 1 aliphatic rings. The molecule has 0 radical (unpaired) electrons. The number of likely N-dealkylation sites (tertiary alicyclic amines) is 1. The first kappa shape index (κ1) is 13.1. The number of aryl methyl sites for hydroxylation is 1. The number of nitrogens with zero attached hydrogens (tertiary/aromatic N) is 1. The number of hydrogen-bond acceptors (Lipinski definition) is 2. The van der Waals surface area contributed by atoms with Gasteiger partial charge in [0.25, 0.3) is 0 Å². The van der Waals surface area contributed by atoms with Gasteiger partial charge in [-0.2, -0.15) is 0 Å². The molecule has 1 saturated heterocycles. The van der Waals surface area contributed by atoms with E-state index in [1.807, 2.05) is 6.07 Å². The van der Waals surface area contributed by atoms with E-state index in [2.05, 4.69) is 30.1 Å². The standard InChI is InChI=1S/C15H21NO2/c1-16-9-7-13(8-10-16)14-4-2-3-12(11-14)5-6-15(17)18/h2-4,11,13H,5-10H2,1H3,(H,17,18). The summed E-state index contributed by atoms with van der Waals surface area (Å²) in [4.78, 5) is 13.0. The second-order valence-corrected chi connectivity index (χ2v) is 5.22. The minimum Gasteiger partial charge on any atom is -0.481 e. The van der Waals surface area contributed by atoms with Crippen LogP contribution in [0.15, 0.2) is 24.3 Å². The molecular formula is C15H21NO2. The molecular weight excluding hydrogens is 226 g/mol. The third kappa shape index (κ3) is 3.57. The number of carbonyl (C=O) groups is 1. The van der Waals surface area contributed by atoms with Gasteiger partial charge < -0.3 is 10.0 Å². The summed E-state index contributed by atoms with van der Waals surface area (Å²) in [6.45, 7) is 2.31. The maximum atomic E-state index is 10.6. The van der Waals surface area contributed by atoms with Crippen LogP contribution < -0.4 is 0 Å². The first-order valence-electron chi connectivity index (χ1n) is 6.64. The first-order valence-corrected chi connectivity index (χ1v) is 6.64. The summed E-state index contributed by atoms with van der Waals surface area (Å²) in [5, 5.41) is 8.72. The van der Waals surface area contributed by atoms with Crippen LogP contribution in [0.4, 0.5) is 0 Å². The predicted octanol–water partition coefficient (Wildman–Crippen LogP) is 2.51. The molecule has 1 heterocycles. The van der Waals surface area contributed by atoms with Crippen molar-refractivity contribution in [1.29, 1.82) is 0 Å². The molecule has 0 aromatic heterocycles. The van der Waals surface area contributed by atoms with E-state index < -0.39 is 5.97 Å². The molecule has 1 aromatic rings. The van der Waals surface area contributed by atoms with E-state index in [-0.39, 0.29) is 6.42 Å². The zero-order valence-electron chi connectivity index (χ0n) is 10.9. The molecule has 0 saturated carbocycles. The lowest BCUT2D eigenvalue weighted by Crippen LogP contribution is -2.29. The van der Waals surface area contributed by atoms with Crippen molar-refractivity contribution in [2.75, 3.05) is 20.1 Å². The fourth-order valence-electron chi connectivity index (χ4n) is 2.60. The van der Waals surface area contributed by atoms with Crippen LogP contribution in [-0.4, -0.2) is 36.1 Å². The van der Waals surface area contributed by atoms with Crippen LogP contribution in [-0.2, 0) is 11.2 Å². The minimum absolute atomic E-state index is 0.219. The summed E-state index contributed by atoms with van der Waals surface area (Å²) in [6, 6.07) is 8.46. The highest BCUT2D eigenvalue weighted by atomic mass is 16.4. The number of carboxylic acids is 1. The topological polar surface area (TPSA) is 40.5 Å². The van der Waals surface area contributed by atoms with Crippen LogP contribution >= 0.6 is 0 Å². The van der Waals surface area contributed by atoms with Crippen LogP contribution in [0.25, 0.3) is 0 Å². The summed E-state index contributed by atoms with van der Waals surface area (Å²) in [6.07, 6.45) is 3.27. The number of carboxylic acid groups (broad SMARTS) is 1. The van der Waals surface area contributed by atoms with Gasteiger partial charge in [0.2, 0.25) is 0 Å². The van der Waals surface area contributed by atoms with Gasteiger partial charge >= 0.3 is 5.97 Å². The summed E-state index contributed by atoms with van der Waals surface area (Å²) >= 11 is 0. The molecule has 1 fully saturated rings. The van der Waals surface area contributed by atoms with Crippen molar-refractivity contribution < 1.29 is 9.90 Å². The largest absolute Gasteiger partial charge is 0.481 e. The molecule has 18 heavy (non-hydrogen) atoms. The number of piperidine rings is 1. The Morgan fingerprint density at radius 2 is 2.11 bits per heavy atom. The molecule has 0 unspecified atom stereocenters. The lowest BCUT2D eigenvalue weighted by atomic mass is 9.88. The predicted molar refractivity (Wildman–Crippen MR) is 71.9 cm³/mol. The van der Waals surface area contributed by atoms with E-state index in [0.717, 1.165) is 18.7 Å². The van der Waals surface area contributed by atoms with Crippen LogP contribution in [0.1, 0.15) is 36.3 Å². The number of benzene rings is 1. The zero-order valence-corrected chi connectivity index (χ0v) is 10.9. The summed E-state index contributed by atoms with van der Waals surface area (Å²) in [5.74, 6) is -0.0781. The Kier molecular flexibility index (Phi) is 4.37. The van der Waals surface area contributed by atoms with Gasteiger partial charge in [-0.15, -0.1) is 0 Å². The third-order valence-electron chi connectivity index (χ3n) is 3.77. The molecule has 1 aliphatic heterocycles. The highest BCUT2D eigenvalue weighted by molar-refractivity contribution is 5.67. The highest BCUT2D eigenvalue weighted by Crippen LogP contribution is 2.28. The number of aliphatic carboxylic acids is 1. The molecule has 98 valence electrons. The van der Waals surface area contributed by atoms with Crippen molar-refractivity contribution in [3.63, 3.8) is 0 Å². The van der Waals surface area contributed by atoms with Gasteiger partial charge in [0.05, 0.1) is 0 Å². The Morgan fingerprint density at radius 1 is 1.39 bits per heavy atom. The molecule has 0 spiro atoms. The van der Waals surface area contributed by atoms with Crippen molar-refractivity contribution in [3.05, 3.63) is 35.4 Å². The maximum Gasteiger partial charge on any atom is 0.303 e. The SMILES string of the molecule is CN1CCC(c2cccc(CCC(=O)O)c2)CC1. The molecule has 0 atom stereocenters. The highest BCUT2D eigenvalue weighted by Gasteiger charge is 2.18. The van der Waals surface area contributed by atoms with E-state index in [9.17, 15) is 4.79 Å². The van der Waals surface area contributed by atoms with Gasteiger partial charge in [0.1, 0.15) is 0 Å². The fraction of sp³-hybridized carbons (Fsp3) is 0.533. The monoisotopic (exact) mass is 247 g/mol. The molecule has 1 aromatic carbocycles. The average Bonchev–Trinajstić information content (AvgIpc) is 2.37. The molecule has 0 aliphatic carbocycles. The summed E-state index contributed by atoms with van der Waals surface area (Å²) < 4.78 is 0. The van der Waals surface area contributed by atoms with Gasteiger partial charge in [-0.1, -0.05) is 24.3 Å². The van der Waals surface area contributed by atoms with E-state index in [0.29, 0.717) is 12.3 Å². The Labute approximate surface area is 108 Å². The van der Waals surface area contributed by atoms with Crippen molar-refractivity contribution in [1.82, 2.24) is 4.90 Å². The van der Waals surface area contributed by atoms with Gasteiger partial charge in [-0.25, -0.2) is 0 Å². The van der Waals surface area contributed by atoms with E-state index in [1.54, 1.807) is 0 Å². The van der Waals surface area contributed by atoms with Crippen molar-refractivity contribution in [2.24, 2.45) is 0 Å². The fourth-order valence-corrected chi connectivity index (χ4v) is 2.60. The van der Waals surface area contributed by atoms with Crippen molar-refractivity contribution >= 4 is 5.97 Å². The van der Waals surface area contributed by atoms with Crippen molar-refractivity contribution in [2.45, 2.75) is 31.6 Å².